The van der Waals surface area contributed by atoms with Crippen LogP contribution in [0.4, 0.5) is 19.3 Å². The highest BCUT2D eigenvalue weighted by molar-refractivity contribution is 7.99. The van der Waals surface area contributed by atoms with Crippen molar-refractivity contribution >= 4 is 34.5 Å². The molecule has 35 heavy (non-hydrogen) atoms. The normalized spacial score (nSPS) is 11.2. The summed E-state index contributed by atoms with van der Waals surface area (Å²) >= 11 is 1.75. The number of nitrogens with one attached hydrogen (secondary N) is 1. The Balaban J connectivity index is 1.45. The smallest absolute Gasteiger partial charge is 0.321 e. The maximum Gasteiger partial charge on any atom is 0.321 e. The summed E-state index contributed by atoms with van der Waals surface area (Å²) in [7, 11) is 2.04. The Morgan fingerprint density at radius 1 is 1.00 bits per heavy atom. The monoisotopic (exact) mass is 502 g/mol. The lowest BCUT2D eigenvalue weighted by atomic mass is 10.1. The summed E-state index contributed by atoms with van der Waals surface area (Å²) in [6.45, 7) is 3.41. The number of para-hydroxylation sites is 2. The highest BCUT2D eigenvalue weighted by Crippen LogP contribution is 2.23. The van der Waals surface area contributed by atoms with E-state index in [1.54, 1.807) is 16.7 Å². The summed E-state index contributed by atoms with van der Waals surface area (Å²) < 4.78 is 29.3. The fraction of sp³-hybridized carbons (Fsp3) is 0.481. The van der Waals surface area contributed by atoms with Gasteiger partial charge in [-0.05, 0) is 43.5 Å². The second kappa shape index (κ2) is 14.1. The molecule has 0 saturated heterocycles. The van der Waals surface area contributed by atoms with Crippen molar-refractivity contribution in [2.45, 2.75) is 63.4 Å². The van der Waals surface area contributed by atoms with Crippen LogP contribution in [0.25, 0.3) is 11.0 Å². The van der Waals surface area contributed by atoms with E-state index in [1.807, 2.05) is 25.2 Å². The maximum atomic E-state index is 14.0. The van der Waals surface area contributed by atoms with Crippen molar-refractivity contribution in [3.8, 4) is 0 Å². The first-order chi connectivity index (χ1) is 17.0. The quantitative estimate of drug-likeness (QED) is 0.182. The Labute approximate surface area is 211 Å². The number of carbonyl (C=O) groups excluding carboxylic acids is 1. The first-order valence-corrected chi connectivity index (χ1v) is 13.5. The topological polar surface area (TPSA) is 50.2 Å². The molecule has 1 heterocycles. The number of anilines is 1. The molecule has 0 spiro atoms. The van der Waals surface area contributed by atoms with Gasteiger partial charge in [-0.15, -0.1) is 0 Å². The fourth-order valence-corrected chi connectivity index (χ4v) is 4.99. The van der Waals surface area contributed by atoms with Crippen LogP contribution in [-0.2, 0) is 7.05 Å². The zero-order chi connectivity index (χ0) is 25.0. The molecule has 0 aliphatic carbocycles. The van der Waals surface area contributed by atoms with Gasteiger partial charge in [0.15, 0.2) is 5.16 Å². The Hall–Kier alpha value is -2.61. The van der Waals surface area contributed by atoms with E-state index in [9.17, 15) is 13.6 Å². The molecule has 2 amide bonds. The molecule has 0 fully saturated rings. The average Bonchev–Trinajstić information content (AvgIpc) is 3.17. The van der Waals surface area contributed by atoms with Crippen LogP contribution >= 0.6 is 11.8 Å². The average molecular weight is 503 g/mol. The number of unbranched alkanes of at least 4 members (excludes halogenated alkanes) is 6. The molecule has 0 aliphatic heterocycles. The molecule has 0 radical (unpaired) electrons. The number of imidazole rings is 1. The van der Waals surface area contributed by atoms with Gasteiger partial charge in [0, 0.05) is 32.0 Å². The second-order valence-corrected chi connectivity index (χ2v) is 9.87. The number of fused-ring (bicyclic) bond motifs is 1. The van der Waals surface area contributed by atoms with Gasteiger partial charge in [0.1, 0.15) is 11.6 Å². The minimum atomic E-state index is -0.764. The van der Waals surface area contributed by atoms with Gasteiger partial charge in [-0.25, -0.2) is 18.6 Å². The zero-order valence-electron chi connectivity index (χ0n) is 20.7. The van der Waals surface area contributed by atoms with Crippen LogP contribution in [0, 0.1) is 11.6 Å². The third-order valence-electron chi connectivity index (χ3n) is 6.04. The Morgan fingerprint density at radius 2 is 1.71 bits per heavy atom. The van der Waals surface area contributed by atoms with Gasteiger partial charge in [-0.2, -0.15) is 0 Å². The Bertz CT molecular complexity index is 1090. The molecule has 8 heteroatoms. The number of halogens is 2. The number of benzene rings is 2. The Morgan fingerprint density at radius 3 is 2.43 bits per heavy atom. The molecule has 0 unspecified atom stereocenters. The Kier molecular flexibility index (Phi) is 10.8. The standard InChI is InChI=1S/C27H36F2N4OS/c1-3-4-5-6-10-17-33(26(34)30-23-16-15-21(28)20-22(23)29)18-11-7-12-19-35-27-31-24-13-8-9-14-25(24)32(27)2/h8-9,13-16,20H,3-7,10-12,17-19H2,1-2H3,(H,30,34). The van der Waals surface area contributed by atoms with E-state index >= 15 is 0 Å². The number of thioether (sulfide) groups is 1. The number of hydrogen-bond acceptors (Lipinski definition) is 3. The molecule has 3 aromatic rings. The number of hydrogen-bond donors (Lipinski definition) is 1. The van der Waals surface area contributed by atoms with E-state index < -0.39 is 11.6 Å². The predicted molar refractivity (Wildman–Crippen MR) is 141 cm³/mol. The lowest BCUT2D eigenvalue weighted by molar-refractivity contribution is 0.209. The molecule has 1 N–H and O–H groups in total. The van der Waals surface area contributed by atoms with Crippen LogP contribution in [0.1, 0.15) is 58.3 Å². The number of aromatic nitrogens is 2. The molecule has 2 aromatic carbocycles. The number of carbonyl (C=O) groups is 1. The second-order valence-electron chi connectivity index (χ2n) is 8.81. The van der Waals surface area contributed by atoms with E-state index in [-0.39, 0.29) is 11.7 Å². The molecule has 0 saturated carbocycles. The molecule has 0 aliphatic rings. The van der Waals surface area contributed by atoms with Gasteiger partial charge in [-0.3, -0.25) is 0 Å². The molecule has 3 rings (SSSR count). The zero-order valence-corrected chi connectivity index (χ0v) is 21.6. The lowest BCUT2D eigenvalue weighted by Gasteiger charge is -2.23. The largest absolute Gasteiger partial charge is 0.325 e. The van der Waals surface area contributed by atoms with Gasteiger partial charge >= 0.3 is 6.03 Å². The van der Waals surface area contributed by atoms with Crippen molar-refractivity contribution in [2.75, 3.05) is 24.2 Å². The first-order valence-electron chi connectivity index (χ1n) is 12.5. The summed E-state index contributed by atoms with van der Waals surface area (Å²) in [6.07, 6.45) is 8.37. The van der Waals surface area contributed by atoms with Gasteiger partial charge in [0.25, 0.3) is 0 Å². The van der Waals surface area contributed by atoms with Crippen LogP contribution in [0.5, 0.6) is 0 Å². The molecular weight excluding hydrogens is 466 g/mol. The minimum absolute atomic E-state index is 0.00578. The third kappa shape index (κ3) is 8.23. The summed E-state index contributed by atoms with van der Waals surface area (Å²) in [5, 5.41) is 3.63. The number of nitrogens with zero attached hydrogens (tertiary/aromatic N) is 3. The number of urea groups is 1. The van der Waals surface area contributed by atoms with Gasteiger partial charge in [0.2, 0.25) is 0 Å². The summed E-state index contributed by atoms with van der Waals surface area (Å²) in [5.74, 6) is -0.466. The van der Waals surface area contributed by atoms with Crippen LogP contribution in [0.2, 0.25) is 0 Å². The van der Waals surface area contributed by atoms with Crippen molar-refractivity contribution < 1.29 is 13.6 Å². The van der Waals surface area contributed by atoms with Crippen LogP contribution < -0.4 is 5.32 Å². The highest BCUT2D eigenvalue weighted by Gasteiger charge is 2.15. The molecule has 0 atom stereocenters. The van der Waals surface area contributed by atoms with E-state index in [1.165, 1.54) is 18.9 Å². The van der Waals surface area contributed by atoms with E-state index in [2.05, 4.69) is 22.9 Å². The SMILES string of the molecule is CCCCCCCN(CCCCCSc1nc2ccccc2n1C)C(=O)Nc1ccc(F)cc1F. The van der Waals surface area contributed by atoms with Crippen molar-refractivity contribution in [3.05, 3.63) is 54.1 Å². The van der Waals surface area contributed by atoms with Crippen molar-refractivity contribution in [3.63, 3.8) is 0 Å². The molecule has 0 bridgehead atoms. The predicted octanol–water partition coefficient (Wildman–Crippen LogP) is 7.62. The summed E-state index contributed by atoms with van der Waals surface area (Å²) in [5.41, 5.74) is 2.15. The maximum absolute atomic E-state index is 14.0. The van der Waals surface area contributed by atoms with Crippen molar-refractivity contribution in [1.82, 2.24) is 14.5 Å². The minimum Gasteiger partial charge on any atom is -0.325 e. The number of aryl methyl sites for hydroxylation is 1. The van der Waals surface area contributed by atoms with Crippen molar-refractivity contribution in [2.24, 2.45) is 7.05 Å². The molecular formula is C27H36F2N4OS. The number of amides is 2. The summed E-state index contributed by atoms with van der Waals surface area (Å²) in [6, 6.07) is 11.0. The van der Waals surface area contributed by atoms with Gasteiger partial charge in [0.05, 0.1) is 16.7 Å². The van der Waals surface area contributed by atoms with Crippen molar-refractivity contribution in [1.29, 1.82) is 0 Å². The fourth-order valence-electron chi connectivity index (χ4n) is 4.00. The molecule has 190 valence electrons. The van der Waals surface area contributed by atoms with Gasteiger partial charge < -0.3 is 14.8 Å². The molecule has 1 aromatic heterocycles. The van der Waals surface area contributed by atoms with Crippen LogP contribution in [0.15, 0.2) is 47.6 Å². The lowest BCUT2D eigenvalue weighted by Crippen LogP contribution is -2.36. The first kappa shape index (κ1) is 27.0. The van der Waals surface area contributed by atoms with Crippen LogP contribution in [-0.4, -0.2) is 39.3 Å². The van der Waals surface area contributed by atoms with Crippen LogP contribution in [0.3, 0.4) is 0 Å². The summed E-state index contributed by atoms with van der Waals surface area (Å²) in [4.78, 5) is 19.3. The molecule has 5 nitrogen and oxygen atoms in total. The van der Waals surface area contributed by atoms with E-state index in [0.29, 0.717) is 13.1 Å². The van der Waals surface area contributed by atoms with E-state index in [4.69, 9.17) is 4.98 Å². The van der Waals surface area contributed by atoms with Gasteiger partial charge in [-0.1, -0.05) is 62.9 Å². The third-order valence-corrected chi connectivity index (χ3v) is 7.16. The number of rotatable bonds is 14. The highest BCUT2D eigenvalue weighted by atomic mass is 32.2. The van der Waals surface area contributed by atoms with E-state index in [0.717, 1.165) is 72.6 Å².